The van der Waals surface area contributed by atoms with E-state index in [1.165, 1.54) is 0 Å². The monoisotopic (exact) mass is 514 g/mol. The van der Waals surface area contributed by atoms with E-state index in [0.29, 0.717) is 47.7 Å². The number of carbonyl (C=O) groups excluding carboxylic acids is 1. The van der Waals surface area contributed by atoms with Crippen molar-refractivity contribution in [2.24, 2.45) is 5.92 Å². The molecule has 1 aromatic carbocycles. The molecule has 13 heteroatoms. The van der Waals surface area contributed by atoms with Gasteiger partial charge in [-0.15, -0.1) is 23.4 Å². The first kappa shape index (κ1) is 24.0. The molecule has 0 bridgehead atoms. The number of ether oxygens (including phenoxy) is 2. The summed E-state index contributed by atoms with van der Waals surface area (Å²) in [7, 11) is 0. The van der Waals surface area contributed by atoms with Crippen molar-refractivity contribution in [2.75, 3.05) is 5.32 Å². The summed E-state index contributed by atoms with van der Waals surface area (Å²) in [5.41, 5.74) is 1.11. The number of anilines is 1. The van der Waals surface area contributed by atoms with Gasteiger partial charge in [0.15, 0.2) is 5.58 Å². The van der Waals surface area contributed by atoms with Crippen molar-refractivity contribution in [3.05, 3.63) is 35.0 Å². The predicted octanol–water partition coefficient (Wildman–Crippen LogP) is 5.36. The normalized spacial score (nSPS) is 24.9. The van der Waals surface area contributed by atoms with Crippen LogP contribution in [0.4, 0.5) is 19.2 Å². The molecule has 0 atom stereocenters. The third kappa shape index (κ3) is 5.93. The number of nitrogens with zero attached hydrogens (tertiary/aromatic N) is 3. The molecule has 9 nitrogen and oxygen atoms in total. The van der Waals surface area contributed by atoms with Gasteiger partial charge in [0.05, 0.1) is 12.2 Å². The van der Waals surface area contributed by atoms with Crippen LogP contribution in [-0.4, -0.2) is 39.7 Å². The van der Waals surface area contributed by atoms with E-state index in [1.807, 2.05) is 0 Å². The number of hydrogen-bond acceptors (Lipinski definition) is 8. The molecule has 188 valence electrons. The van der Waals surface area contributed by atoms with Gasteiger partial charge in [-0.25, -0.2) is 0 Å². The smallest absolute Gasteiger partial charge is 0.423 e. The maximum absolute atomic E-state index is 12.7. The highest BCUT2D eigenvalue weighted by Gasteiger charge is 2.40. The Morgan fingerprint density at radius 1 is 1.11 bits per heavy atom. The molecule has 2 aliphatic carbocycles. The second-order valence-corrected chi connectivity index (χ2v) is 9.23. The first-order chi connectivity index (χ1) is 16.7. The number of halogens is 4. The lowest BCUT2D eigenvalue weighted by atomic mass is 9.81. The number of fused-ring (bicyclic) bond motifs is 1. The number of carbonyl (C=O) groups is 1. The Labute approximate surface area is 202 Å². The van der Waals surface area contributed by atoms with E-state index in [1.54, 1.807) is 18.2 Å². The minimum atomic E-state index is -4.63. The zero-order valence-corrected chi connectivity index (χ0v) is 19.1. The lowest BCUT2D eigenvalue weighted by Gasteiger charge is -2.34. The van der Waals surface area contributed by atoms with Gasteiger partial charge in [0, 0.05) is 29.7 Å². The Hall–Kier alpha value is -2.70. The summed E-state index contributed by atoms with van der Waals surface area (Å²) in [5.74, 6) is 0.427. The second kappa shape index (κ2) is 9.75. The van der Waals surface area contributed by atoms with E-state index in [0.717, 1.165) is 0 Å². The van der Waals surface area contributed by atoms with E-state index < -0.39 is 12.5 Å². The third-order valence-corrected chi connectivity index (χ3v) is 6.54. The van der Waals surface area contributed by atoms with E-state index >= 15 is 0 Å². The largest absolute Gasteiger partial charge is 0.522 e. The van der Waals surface area contributed by atoms with Crippen LogP contribution in [0.5, 0.6) is 0 Å². The van der Waals surface area contributed by atoms with Crippen molar-refractivity contribution in [3.8, 4) is 0 Å². The molecule has 1 N–H and O–H groups in total. The van der Waals surface area contributed by atoms with Crippen LogP contribution in [0.15, 0.2) is 27.0 Å². The predicted molar refractivity (Wildman–Crippen MR) is 115 cm³/mol. The van der Waals surface area contributed by atoms with Crippen molar-refractivity contribution in [1.82, 2.24) is 15.2 Å². The van der Waals surface area contributed by atoms with Gasteiger partial charge in [0.2, 0.25) is 17.7 Å². The fourth-order valence-corrected chi connectivity index (χ4v) is 4.55. The van der Waals surface area contributed by atoms with Gasteiger partial charge in [-0.3, -0.25) is 14.8 Å². The lowest BCUT2D eigenvalue weighted by molar-refractivity contribution is -0.357. The molecule has 2 aromatic heterocycles. The Balaban J connectivity index is 1.06. The molecule has 0 aliphatic heterocycles. The summed E-state index contributed by atoms with van der Waals surface area (Å²) in [5, 5.41) is 11.3. The average Bonchev–Trinajstić information content (AvgIpc) is 3.41. The fourth-order valence-electron chi connectivity index (χ4n) is 4.38. The van der Waals surface area contributed by atoms with Crippen LogP contribution in [0, 0.1) is 5.92 Å². The molecule has 2 saturated carbocycles. The molecule has 2 heterocycles. The Morgan fingerprint density at radius 2 is 1.89 bits per heavy atom. The van der Waals surface area contributed by atoms with Gasteiger partial charge in [-0.1, -0.05) is 11.6 Å². The van der Waals surface area contributed by atoms with E-state index in [9.17, 15) is 18.0 Å². The zero-order valence-electron chi connectivity index (χ0n) is 18.4. The highest BCUT2D eigenvalue weighted by molar-refractivity contribution is 6.31. The molecule has 0 spiro atoms. The minimum Gasteiger partial charge on any atom is -0.423 e. The van der Waals surface area contributed by atoms with Crippen LogP contribution < -0.4 is 5.32 Å². The summed E-state index contributed by atoms with van der Waals surface area (Å²) in [6, 6.07) is 5.18. The van der Waals surface area contributed by atoms with Gasteiger partial charge in [-0.2, -0.15) is 4.98 Å². The molecular formula is C22H22ClF3N4O5. The number of benzene rings is 1. The molecule has 1 amide bonds. The Bertz CT molecular complexity index is 1190. The first-order valence-electron chi connectivity index (χ1n) is 11.3. The molecule has 0 unspecified atom stereocenters. The van der Waals surface area contributed by atoms with Gasteiger partial charge < -0.3 is 13.6 Å². The molecule has 2 fully saturated rings. The maximum Gasteiger partial charge on any atom is 0.522 e. The van der Waals surface area contributed by atoms with Crippen molar-refractivity contribution >= 4 is 34.6 Å². The number of aromatic nitrogens is 3. The SMILES string of the molecule is O=C(Nc1nc2cc(Cl)ccc2o1)C1CCC(c2nnc(COC3CC(OC(F)(F)F)C3)o2)CC1. The second-order valence-electron chi connectivity index (χ2n) is 8.79. The standard InChI is InChI=1S/C22H22ClF3N4O5/c23-13-5-6-17-16(7-13)27-21(33-17)28-19(31)11-1-3-12(4-2-11)20-30-29-18(34-20)10-32-14-8-15(9-14)35-22(24,25)26/h5-7,11-12,14-15H,1-4,8-10H2,(H,27,28,31). The van der Waals surface area contributed by atoms with Gasteiger partial charge in [0.25, 0.3) is 0 Å². The Kier molecular flexibility index (Phi) is 6.69. The number of nitrogens with one attached hydrogen (secondary N) is 1. The molecule has 0 radical (unpaired) electrons. The van der Waals surface area contributed by atoms with Crippen molar-refractivity contribution in [1.29, 1.82) is 0 Å². The van der Waals surface area contributed by atoms with Crippen LogP contribution in [0.1, 0.15) is 56.2 Å². The Morgan fingerprint density at radius 3 is 2.63 bits per heavy atom. The molecule has 3 aromatic rings. The number of rotatable bonds is 7. The topological polar surface area (TPSA) is 113 Å². The summed E-state index contributed by atoms with van der Waals surface area (Å²) in [4.78, 5) is 16.9. The highest BCUT2D eigenvalue weighted by Crippen LogP contribution is 2.36. The molecular weight excluding hydrogens is 493 g/mol. The lowest BCUT2D eigenvalue weighted by Crippen LogP contribution is -2.40. The summed E-state index contributed by atoms with van der Waals surface area (Å²) in [6.07, 6.45) is -2.81. The summed E-state index contributed by atoms with van der Waals surface area (Å²) >= 11 is 5.95. The number of alkyl halides is 3. The molecule has 5 rings (SSSR count). The van der Waals surface area contributed by atoms with Gasteiger partial charge in [0.1, 0.15) is 12.1 Å². The van der Waals surface area contributed by atoms with Crippen LogP contribution in [-0.2, 0) is 20.9 Å². The summed E-state index contributed by atoms with van der Waals surface area (Å²) in [6.45, 7) is 0.0316. The zero-order chi connectivity index (χ0) is 24.6. The highest BCUT2D eigenvalue weighted by atomic mass is 35.5. The van der Waals surface area contributed by atoms with E-state index in [4.69, 9.17) is 25.2 Å². The van der Waals surface area contributed by atoms with Crippen LogP contribution in [0.3, 0.4) is 0 Å². The van der Waals surface area contributed by atoms with Crippen LogP contribution in [0.25, 0.3) is 11.1 Å². The van der Waals surface area contributed by atoms with Gasteiger partial charge >= 0.3 is 12.4 Å². The third-order valence-electron chi connectivity index (χ3n) is 6.30. The fraction of sp³-hybridized carbons (Fsp3) is 0.545. The number of amides is 1. The number of hydrogen-bond donors (Lipinski definition) is 1. The van der Waals surface area contributed by atoms with Crippen molar-refractivity contribution < 1.29 is 36.3 Å². The average molecular weight is 515 g/mol. The van der Waals surface area contributed by atoms with Gasteiger partial charge in [-0.05, 0) is 43.9 Å². The van der Waals surface area contributed by atoms with E-state index in [2.05, 4.69) is 25.2 Å². The van der Waals surface area contributed by atoms with E-state index in [-0.39, 0.29) is 55.2 Å². The summed E-state index contributed by atoms with van der Waals surface area (Å²) < 4.78 is 57.2. The quantitative estimate of drug-likeness (QED) is 0.448. The first-order valence-corrected chi connectivity index (χ1v) is 11.6. The van der Waals surface area contributed by atoms with Crippen LogP contribution in [0.2, 0.25) is 5.02 Å². The van der Waals surface area contributed by atoms with Crippen LogP contribution >= 0.6 is 11.6 Å². The minimum absolute atomic E-state index is 0.0278. The molecule has 0 saturated heterocycles. The number of oxazole rings is 1. The molecule has 2 aliphatic rings. The van der Waals surface area contributed by atoms with Crippen molar-refractivity contribution in [3.63, 3.8) is 0 Å². The maximum atomic E-state index is 12.7. The van der Waals surface area contributed by atoms with Crippen molar-refractivity contribution in [2.45, 2.75) is 69.6 Å². The molecule has 35 heavy (non-hydrogen) atoms.